The summed E-state index contributed by atoms with van der Waals surface area (Å²) < 4.78 is 26.0. The molecule has 0 spiro atoms. The van der Waals surface area contributed by atoms with Gasteiger partial charge in [-0.1, -0.05) is 0 Å². The lowest BCUT2D eigenvalue weighted by molar-refractivity contribution is 0.0843. The average Bonchev–Trinajstić information content (AvgIpc) is 2.37. The maximum atomic E-state index is 13.0. The molecule has 6 heteroatoms. The number of β-amino-alcohol motifs (C(OH)–C–C–N with tert-alkyl or cyclic N) is 1. The van der Waals surface area contributed by atoms with Crippen molar-refractivity contribution < 1.29 is 18.7 Å². The van der Waals surface area contributed by atoms with Crippen LogP contribution in [0.3, 0.4) is 0 Å². The highest BCUT2D eigenvalue weighted by molar-refractivity contribution is 5.74. The molecule has 4 nitrogen and oxygen atoms in total. The number of rotatable bonds is 3. The molecule has 1 unspecified atom stereocenters. The highest BCUT2D eigenvalue weighted by Crippen LogP contribution is 2.10. The van der Waals surface area contributed by atoms with E-state index in [0.29, 0.717) is 38.0 Å². The molecule has 0 radical (unpaired) electrons. The maximum Gasteiger partial charge on any atom is 0.317 e. The number of urea groups is 1. The lowest BCUT2D eigenvalue weighted by atomic mass is 10.1. The summed E-state index contributed by atoms with van der Waals surface area (Å²) in [6, 6.07) is 3.07. The molecule has 1 aromatic rings. The average molecular weight is 284 g/mol. The molecule has 1 heterocycles. The number of amides is 2. The van der Waals surface area contributed by atoms with Crippen LogP contribution in [0, 0.1) is 11.6 Å². The van der Waals surface area contributed by atoms with E-state index >= 15 is 0 Å². The quantitative estimate of drug-likeness (QED) is 0.887. The molecule has 0 aliphatic carbocycles. The van der Waals surface area contributed by atoms with Crippen LogP contribution in [0.1, 0.15) is 18.4 Å². The van der Waals surface area contributed by atoms with E-state index in [1.54, 1.807) is 4.90 Å². The molecule has 0 bridgehead atoms. The third-order valence-corrected chi connectivity index (χ3v) is 3.30. The van der Waals surface area contributed by atoms with Gasteiger partial charge in [0.2, 0.25) is 0 Å². The van der Waals surface area contributed by atoms with Crippen molar-refractivity contribution in [3.8, 4) is 0 Å². The fourth-order valence-corrected chi connectivity index (χ4v) is 2.32. The predicted molar refractivity (Wildman–Crippen MR) is 70.3 cm³/mol. The van der Waals surface area contributed by atoms with Crippen LogP contribution in [0.15, 0.2) is 18.2 Å². The number of nitrogens with one attached hydrogen (secondary N) is 1. The van der Waals surface area contributed by atoms with Crippen LogP contribution in [0.25, 0.3) is 0 Å². The second-order valence-corrected chi connectivity index (χ2v) is 5.00. The fourth-order valence-electron chi connectivity index (χ4n) is 2.32. The summed E-state index contributed by atoms with van der Waals surface area (Å²) in [7, 11) is 0. The summed E-state index contributed by atoms with van der Waals surface area (Å²) >= 11 is 0. The van der Waals surface area contributed by atoms with Gasteiger partial charge in [-0.3, -0.25) is 0 Å². The molecular weight excluding hydrogens is 266 g/mol. The van der Waals surface area contributed by atoms with Gasteiger partial charge in [0.05, 0.1) is 6.10 Å². The van der Waals surface area contributed by atoms with E-state index in [2.05, 4.69) is 5.32 Å². The summed E-state index contributed by atoms with van der Waals surface area (Å²) in [6.45, 7) is 1.26. The highest BCUT2D eigenvalue weighted by atomic mass is 19.1. The summed E-state index contributed by atoms with van der Waals surface area (Å²) in [5.74, 6) is -1.24. The molecule has 1 fully saturated rings. The van der Waals surface area contributed by atoms with Crippen LogP contribution >= 0.6 is 0 Å². The lowest BCUT2D eigenvalue weighted by Gasteiger charge is -2.30. The van der Waals surface area contributed by atoms with Gasteiger partial charge in [-0.05, 0) is 37.0 Å². The summed E-state index contributed by atoms with van der Waals surface area (Å²) in [6.07, 6.45) is 1.39. The number of hydrogen-bond acceptors (Lipinski definition) is 2. The minimum Gasteiger partial charge on any atom is -0.391 e. The smallest absolute Gasteiger partial charge is 0.317 e. The first-order valence-corrected chi connectivity index (χ1v) is 6.70. The van der Waals surface area contributed by atoms with E-state index in [0.717, 1.165) is 12.5 Å². The van der Waals surface area contributed by atoms with Crippen molar-refractivity contribution in [3.05, 3.63) is 35.4 Å². The SMILES string of the molecule is O=C(NCCc1cc(F)cc(F)c1)N1CCCC(O)C1. The Bertz CT molecular complexity index is 462. The van der Waals surface area contributed by atoms with Gasteiger partial charge in [0.15, 0.2) is 0 Å². The largest absolute Gasteiger partial charge is 0.391 e. The zero-order chi connectivity index (χ0) is 14.5. The second-order valence-electron chi connectivity index (χ2n) is 5.00. The van der Waals surface area contributed by atoms with Gasteiger partial charge in [-0.25, -0.2) is 13.6 Å². The Labute approximate surface area is 116 Å². The van der Waals surface area contributed by atoms with Crippen molar-refractivity contribution in [1.29, 1.82) is 0 Å². The van der Waals surface area contributed by atoms with Gasteiger partial charge in [-0.15, -0.1) is 0 Å². The molecule has 20 heavy (non-hydrogen) atoms. The zero-order valence-corrected chi connectivity index (χ0v) is 11.1. The number of hydrogen-bond donors (Lipinski definition) is 2. The second kappa shape index (κ2) is 6.65. The van der Waals surface area contributed by atoms with Crippen molar-refractivity contribution in [3.63, 3.8) is 0 Å². The Balaban J connectivity index is 1.78. The topological polar surface area (TPSA) is 52.6 Å². The van der Waals surface area contributed by atoms with Crippen LogP contribution in [0.2, 0.25) is 0 Å². The molecule has 2 amide bonds. The van der Waals surface area contributed by atoms with Crippen molar-refractivity contribution >= 4 is 6.03 Å². The Kier molecular flexibility index (Phi) is 4.89. The number of halogens is 2. The number of aliphatic hydroxyl groups excluding tert-OH is 1. The van der Waals surface area contributed by atoms with E-state index < -0.39 is 17.7 Å². The fraction of sp³-hybridized carbons (Fsp3) is 0.500. The standard InChI is InChI=1S/C14H18F2N2O2/c15-11-6-10(7-12(16)8-11)3-4-17-14(20)18-5-1-2-13(19)9-18/h6-8,13,19H,1-5,9H2,(H,17,20). The highest BCUT2D eigenvalue weighted by Gasteiger charge is 2.21. The molecule has 1 aromatic carbocycles. The Morgan fingerprint density at radius 2 is 2.05 bits per heavy atom. The number of aliphatic hydroxyl groups is 1. The van der Waals surface area contributed by atoms with Gasteiger partial charge in [0.25, 0.3) is 0 Å². The number of piperidine rings is 1. The van der Waals surface area contributed by atoms with Gasteiger partial charge in [0, 0.05) is 25.7 Å². The molecule has 1 aliphatic rings. The van der Waals surface area contributed by atoms with Crippen molar-refractivity contribution in [2.75, 3.05) is 19.6 Å². The van der Waals surface area contributed by atoms with Crippen LogP contribution in [-0.2, 0) is 6.42 Å². The first-order valence-electron chi connectivity index (χ1n) is 6.70. The Hall–Kier alpha value is -1.69. The van der Waals surface area contributed by atoms with Gasteiger partial charge in [-0.2, -0.15) is 0 Å². The number of carbonyl (C=O) groups is 1. The maximum absolute atomic E-state index is 13.0. The molecule has 110 valence electrons. The number of likely N-dealkylation sites (tertiary alicyclic amines) is 1. The third kappa shape index (κ3) is 4.16. The van der Waals surface area contributed by atoms with Crippen LogP contribution in [0.4, 0.5) is 13.6 Å². The van der Waals surface area contributed by atoms with Crippen LogP contribution in [0.5, 0.6) is 0 Å². The molecule has 2 N–H and O–H groups in total. The summed E-state index contributed by atoms with van der Waals surface area (Å²) in [4.78, 5) is 13.4. The van der Waals surface area contributed by atoms with Crippen LogP contribution in [-0.4, -0.2) is 41.8 Å². The molecule has 2 rings (SSSR count). The van der Waals surface area contributed by atoms with Gasteiger partial charge < -0.3 is 15.3 Å². The van der Waals surface area contributed by atoms with Crippen molar-refractivity contribution in [1.82, 2.24) is 10.2 Å². The molecule has 0 saturated carbocycles. The Morgan fingerprint density at radius 3 is 2.70 bits per heavy atom. The van der Waals surface area contributed by atoms with E-state index in [1.807, 2.05) is 0 Å². The molecule has 1 saturated heterocycles. The minimum absolute atomic E-state index is 0.249. The first kappa shape index (κ1) is 14.7. The predicted octanol–water partition coefficient (Wildman–Crippen LogP) is 1.67. The zero-order valence-electron chi connectivity index (χ0n) is 11.1. The van der Waals surface area contributed by atoms with E-state index in [-0.39, 0.29) is 6.03 Å². The molecule has 1 atom stereocenters. The Morgan fingerprint density at radius 1 is 1.35 bits per heavy atom. The third-order valence-electron chi connectivity index (χ3n) is 3.30. The van der Waals surface area contributed by atoms with E-state index in [9.17, 15) is 18.7 Å². The van der Waals surface area contributed by atoms with Crippen LogP contribution < -0.4 is 5.32 Å². The van der Waals surface area contributed by atoms with E-state index in [4.69, 9.17) is 0 Å². The van der Waals surface area contributed by atoms with Gasteiger partial charge in [0.1, 0.15) is 11.6 Å². The molecular formula is C14H18F2N2O2. The van der Waals surface area contributed by atoms with E-state index in [1.165, 1.54) is 12.1 Å². The monoisotopic (exact) mass is 284 g/mol. The molecule has 1 aliphatic heterocycles. The first-order chi connectivity index (χ1) is 9.54. The molecule has 0 aromatic heterocycles. The summed E-state index contributed by atoms with van der Waals surface area (Å²) in [5.41, 5.74) is 0.501. The van der Waals surface area contributed by atoms with Crippen molar-refractivity contribution in [2.24, 2.45) is 0 Å². The number of nitrogens with zero attached hydrogens (tertiary/aromatic N) is 1. The number of carbonyl (C=O) groups excluding carboxylic acids is 1. The van der Waals surface area contributed by atoms with Crippen molar-refractivity contribution in [2.45, 2.75) is 25.4 Å². The lowest BCUT2D eigenvalue weighted by Crippen LogP contribution is -2.47. The normalized spacial score (nSPS) is 18.9. The summed E-state index contributed by atoms with van der Waals surface area (Å²) in [5, 5.41) is 12.2. The number of benzene rings is 1. The minimum atomic E-state index is -0.620. The van der Waals surface area contributed by atoms with Gasteiger partial charge >= 0.3 is 6.03 Å².